The number of anilines is 1. The average Bonchev–Trinajstić information content (AvgIpc) is 2.82. The number of halogens is 5. The molecule has 0 aromatic heterocycles. The van der Waals surface area contributed by atoms with Crippen LogP contribution in [0.1, 0.15) is 28.4 Å². The summed E-state index contributed by atoms with van der Waals surface area (Å²) in [5.41, 5.74) is 0.873. The molecule has 0 radical (unpaired) electrons. The molecule has 4 rings (SSSR count). The van der Waals surface area contributed by atoms with Crippen molar-refractivity contribution in [2.24, 2.45) is 0 Å². The van der Waals surface area contributed by atoms with Crippen LogP contribution in [-0.4, -0.2) is 22.4 Å². The summed E-state index contributed by atoms with van der Waals surface area (Å²) < 4.78 is 40.6. The molecule has 1 heterocycles. The fraction of sp³-hybridized carbons (Fsp3) is 0.200. The highest BCUT2D eigenvalue weighted by atomic mass is 35.5. The van der Waals surface area contributed by atoms with Gasteiger partial charge in [0.05, 0.1) is 12.2 Å². The first-order valence-electron chi connectivity index (χ1n) is 10.5. The maximum atomic E-state index is 14.5. The molecular weight excluding hydrogens is 520 g/mol. The summed E-state index contributed by atoms with van der Waals surface area (Å²) in [6.07, 6.45) is 0. The van der Waals surface area contributed by atoms with Crippen LogP contribution in [-0.2, 0) is 17.9 Å². The third-order valence-electron chi connectivity index (χ3n) is 5.63. The second-order valence-electron chi connectivity index (χ2n) is 8.16. The number of hydrogen-bond donors (Lipinski definition) is 1. The van der Waals surface area contributed by atoms with Gasteiger partial charge in [-0.25, -0.2) is 13.2 Å². The molecule has 0 saturated heterocycles. The van der Waals surface area contributed by atoms with E-state index < -0.39 is 28.1 Å². The zero-order valence-corrected chi connectivity index (χ0v) is 20.7. The molecular formula is C25H19Cl2F3N2O2S. The van der Waals surface area contributed by atoms with E-state index in [4.69, 9.17) is 23.2 Å². The quantitative estimate of drug-likeness (QED) is 0.373. The Balaban J connectivity index is 1.66. The van der Waals surface area contributed by atoms with Crippen molar-refractivity contribution in [3.8, 4) is 0 Å². The SMILES string of the molecule is CC1(CCl)Sc2ccc(C(=O)NCc3ccc(F)cc3F)cc2N(Cc2c(F)cccc2Cl)C1=O. The number of nitrogens with one attached hydrogen (secondary N) is 1. The lowest BCUT2D eigenvalue weighted by molar-refractivity contribution is -0.120. The Kier molecular flexibility index (Phi) is 7.35. The molecule has 0 spiro atoms. The highest BCUT2D eigenvalue weighted by Gasteiger charge is 2.43. The molecule has 1 unspecified atom stereocenters. The second kappa shape index (κ2) is 10.1. The van der Waals surface area contributed by atoms with Crippen LogP contribution in [0.15, 0.2) is 59.5 Å². The first-order valence-corrected chi connectivity index (χ1v) is 12.2. The molecule has 1 aliphatic heterocycles. The van der Waals surface area contributed by atoms with Gasteiger partial charge >= 0.3 is 0 Å². The molecule has 182 valence electrons. The summed E-state index contributed by atoms with van der Waals surface area (Å²) in [4.78, 5) is 28.3. The zero-order chi connectivity index (χ0) is 25.3. The van der Waals surface area contributed by atoms with Crippen LogP contribution in [0.2, 0.25) is 5.02 Å². The van der Waals surface area contributed by atoms with Gasteiger partial charge in [-0.3, -0.25) is 9.59 Å². The normalized spacial score (nSPS) is 17.3. The number of thioether (sulfide) groups is 1. The molecule has 2 amide bonds. The zero-order valence-electron chi connectivity index (χ0n) is 18.4. The van der Waals surface area contributed by atoms with Crippen LogP contribution in [0.3, 0.4) is 0 Å². The molecule has 0 aliphatic carbocycles. The van der Waals surface area contributed by atoms with Gasteiger partial charge in [-0.2, -0.15) is 0 Å². The van der Waals surface area contributed by atoms with Crippen molar-refractivity contribution < 1.29 is 22.8 Å². The smallest absolute Gasteiger partial charge is 0.251 e. The van der Waals surface area contributed by atoms with Crippen molar-refractivity contribution in [3.05, 3.63) is 93.8 Å². The van der Waals surface area contributed by atoms with E-state index in [9.17, 15) is 22.8 Å². The molecule has 3 aromatic rings. The van der Waals surface area contributed by atoms with Gasteiger partial charge < -0.3 is 10.2 Å². The number of alkyl halides is 1. The molecule has 3 aromatic carbocycles. The Morgan fingerprint density at radius 1 is 1.09 bits per heavy atom. The van der Waals surface area contributed by atoms with E-state index in [2.05, 4.69) is 5.32 Å². The Morgan fingerprint density at radius 3 is 2.54 bits per heavy atom. The summed E-state index contributed by atoms with van der Waals surface area (Å²) >= 11 is 13.6. The lowest BCUT2D eigenvalue weighted by Gasteiger charge is -2.39. The van der Waals surface area contributed by atoms with E-state index in [1.165, 1.54) is 47.0 Å². The molecule has 35 heavy (non-hydrogen) atoms. The van der Waals surface area contributed by atoms with Crippen LogP contribution in [0.5, 0.6) is 0 Å². The fourth-order valence-electron chi connectivity index (χ4n) is 3.66. The highest BCUT2D eigenvalue weighted by Crippen LogP contribution is 2.47. The van der Waals surface area contributed by atoms with Crippen LogP contribution in [0.4, 0.5) is 18.9 Å². The lowest BCUT2D eigenvalue weighted by Crippen LogP contribution is -2.49. The van der Waals surface area contributed by atoms with Gasteiger partial charge in [0, 0.05) is 45.1 Å². The van der Waals surface area contributed by atoms with Crippen molar-refractivity contribution >= 4 is 52.5 Å². The Morgan fingerprint density at radius 2 is 1.86 bits per heavy atom. The number of benzene rings is 3. The van der Waals surface area contributed by atoms with Gasteiger partial charge in [0.1, 0.15) is 22.2 Å². The van der Waals surface area contributed by atoms with Crippen molar-refractivity contribution in [2.75, 3.05) is 10.8 Å². The van der Waals surface area contributed by atoms with Gasteiger partial charge in [-0.1, -0.05) is 23.7 Å². The molecule has 10 heteroatoms. The second-order valence-corrected chi connectivity index (χ2v) is 10.4. The van der Waals surface area contributed by atoms with E-state index in [-0.39, 0.29) is 46.6 Å². The molecule has 1 atom stereocenters. The van der Waals surface area contributed by atoms with E-state index in [0.717, 1.165) is 12.1 Å². The van der Waals surface area contributed by atoms with E-state index in [0.29, 0.717) is 10.6 Å². The predicted molar refractivity (Wildman–Crippen MR) is 132 cm³/mol. The largest absolute Gasteiger partial charge is 0.348 e. The van der Waals surface area contributed by atoms with E-state index in [1.54, 1.807) is 19.1 Å². The fourth-order valence-corrected chi connectivity index (χ4v) is 5.31. The maximum absolute atomic E-state index is 14.5. The van der Waals surface area contributed by atoms with Gasteiger partial charge in [0.25, 0.3) is 5.91 Å². The van der Waals surface area contributed by atoms with Crippen molar-refractivity contribution in [1.29, 1.82) is 0 Å². The van der Waals surface area contributed by atoms with Gasteiger partial charge in [-0.15, -0.1) is 23.4 Å². The van der Waals surface area contributed by atoms with Gasteiger partial charge in [0.2, 0.25) is 5.91 Å². The monoisotopic (exact) mass is 538 g/mol. The summed E-state index contributed by atoms with van der Waals surface area (Å²) in [6, 6.07) is 12.1. The van der Waals surface area contributed by atoms with Crippen LogP contribution >= 0.6 is 35.0 Å². The minimum absolute atomic E-state index is 0.0168. The summed E-state index contributed by atoms with van der Waals surface area (Å²) in [5, 5.41) is 2.76. The molecule has 4 nitrogen and oxygen atoms in total. The van der Waals surface area contributed by atoms with Crippen LogP contribution in [0.25, 0.3) is 0 Å². The van der Waals surface area contributed by atoms with E-state index >= 15 is 0 Å². The molecule has 0 bridgehead atoms. The molecule has 0 fully saturated rings. The number of carbonyl (C=O) groups is 2. The van der Waals surface area contributed by atoms with Crippen molar-refractivity contribution in [3.63, 3.8) is 0 Å². The molecule has 1 N–H and O–H groups in total. The Hall–Kier alpha value is -2.68. The standard InChI is InChI=1S/C25H19Cl2F3N2O2S/c1-25(13-26)24(34)32(12-17-18(27)3-2-4-19(17)29)21-9-14(6-8-22(21)35-25)23(33)31-11-15-5-7-16(28)10-20(15)30/h2-10H,11-13H2,1H3,(H,31,33). The lowest BCUT2D eigenvalue weighted by atomic mass is 10.1. The third kappa shape index (κ3) is 5.15. The number of fused-ring (bicyclic) bond motifs is 1. The number of amides is 2. The number of hydrogen-bond acceptors (Lipinski definition) is 3. The summed E-state index contributed by atoms with van der Waals surface area (Å²) in [6.45, 7) is 1.38. The van der Waals surface area contributed by atoms with Crippen molar-refractivity contribution in [2.45, 2.75) is 29.7 Å². The highest BCUT2D eigenvalue weighted by molar-refractivity contribution is 8.01. The average molecular weight is 539 g/mol. The van der Waals surface area contributed by atoms with Crippen molar-refractivity contribution in [1.82, 2.24) is 5.32 Å². The van der Waals surface area contributed by atoms with Crippen LogP contribution < -0.4 is 10.2 Å². The topological polar surface area (TPSA) is 49.4 Å². The molecule has 1 aliphatic rings. The summed E-state index contributed by atoms with van der Waals surface area (Å²) in [7, 11) is 0. The minimum Gasteiger partial charge on any atom is -0.348 e. The summed E-state index contributed by atoms with van der Waals surface area (Å²) in [5.74, 6) is -2.91. The predicted octanol–water partition coefficient (Wildman–Crippen LogP) is 6.32. The van der Waals surface area contributed by atoms with Gasteiger partial charge in [-0.05, 0) is 43.3 Å². The van der Waals surface area contributed by atoms with Gasteiger partial charge in [0.15, 0.2) is 0 Å². The minimum atomic E-state index is -1.00. The van der Waals surface area contributed by atoms with E-state index in [1.807, 2.05) is 0 Å². The molecule has 0 saturated carbocycles. The number of nitrogens with zero attached hydrogens (tertiary/aromatic N) is 1. The Bertz CT molecular complexity index is 1300. The third-order valence-corrected chi connectivity index (χ3v) is 8.01. The number of rotatable bonds is 6. The first-order chi connectivity index (χ1) is 16.6. The maximum Gasteiger partial charge on any atom is 0.251 e. The first kappa shape index (κ1) is 25.4. The van der Waals surface area contributed by atoms with Crippen LogP contribution in [0, 0.1) is 17.5 Å². The number of carbonyl (C=O) groups excluding carboxylic acids is 2. The Labute approximate surface area is 214 Å².